The highest BCUT2D eigenvalue weighted by Gasteiger charge is 2.57. The Kier molecular flexibility index (Phi) is 2.76. The minimum absolute atomic E-state index is 0.183. The van der Waals surface area contributed by atoms with Crippen molar-refractivity contribution in [2.75, 3.05) is 0 Å². The SMILES string of the molecule is CC12CC3CC(C1)CC(C(O)Cc1cccnc1)(C3)C2. The summed E-state index contributed by atoms with van der Waals surface area (Å²) >= 11 is 0. The quantitative estimate of drug-likeness (QED) is 0.911. The third-order valence-electron chi connectivity index (χ3n) is 6.26. The summed E-state index contributed by atoms with van der Waals surface area (Å²) < 4.78 is 0. The average molecular weight is 271 g/mol. The maximum absolute atomic E-state index is 11.0. The van der Waals surface area contributed by atoms with Gasteiger partial charge in [0.1, 0.15) is 0 Å². The Hall–Kier alpha value is -0.890. The predicted molar refractivity (Wildman–Crippen MR) is 79.2 cm³/mol. The fourth-order valence-corrected chi connectivity index (χ4v) is 6.15. The summed E-state index contributed by atoms with van der Waals surface area (Å²) in [6.07, 6.45) is 12.3. The van der Waals surface area contributed by atoms with Crippen molar-refractivity contribution in [1.29, 1.82) is 0 Å². The van der Waals surface area contributed by atoms with E-state index in [-0.39, 0.29) is 11.5 Å². The number of hydrogen-bond donors (Lipinski definition) is 1. The lowest BCUT2D eigenvalue weighted by Crippen LogP contribution is -2.55. The molecule has 3 unspecified atom stereocenters. The van der Waals surface area contributed by atoms with Gasteiger partial charge in [0.05, 0.1) is 6.10 Å². The van der Waals surface area contributed by atoms with Gasteiger partial charge < -0.3 is 5.11 Å². The summed E-state index contributed by atoms with van der Waals surface area (Å²) in [4.78, 5) is 4.19. The molecule has 1 aromatic heterocycles. The first-order valence-electron chi connectivity index (χ1n) is 8.14. The Morgan fingerprint density at radius 3 is 2.65 bits per heavy atom. The molecule has 0 amide bonds. The molecule has 0 saturated heterocycles. The minimum atomic E-state index is -0.183. The van der Waals surface area contributed by atoms with Gasteiger partial charge in [-0.25, -0.2) is 0 Å². The van der Waals surface area contributed by atoms with Crippen LogP contribution in [0.4, 0.5) is 0 Å². The highest BCUT2D eigenvalue weighted by Crippen LogP contribution is 2.66. The summed E-state index contributed by atoms with van der Waals surface area (Å²) in [6, 6.07) is 4.07. The number of aliphatic hydroxyl groups is 1. The molecule has 4 aliphatic rings. The molecular formula is C18H25NO. The molecule has 1 heterocycles. The van der Waals surface area contributed by atoms with Crippen molar-refractivity contribution in [1.82, 2.24) is 4.98 Å². The highest BCUT2D eigenvalue weighted by molar-refractivity contribution is 5.14. The molecule has 0 radical (unpaired) electrons. The number of rotatable bonds is 3. The van der Waals surface area contributed by atoms with Crippen molar-refractivity contribution in [3.63, 3.8) is 0 Å². The van der Waals surface area contributed by atoms with Crippen LogP contribution >= 0.6 is 0 Å². The van der Waals surface area contributed by atoms with Crippen LogP contribution < -0.4 is 0 Å². The standard InChI is InChI=1S/C18H25NO/c1-17-7-14-5-15(8-17)10-18(9-14,12-17)16(20)6-13-3-2-4-19-11-13/h2-4,11,14-16,20H,5-10,12H2,1H3. The number of hydrogen-bond acceptors (Lipinski definition) is 2. The van der Waals surface area contributed by atoms with E-state index in [0.717, 1.165) is 18.3 Å². The van der Waals surface area contributed by atoms with Crippen LogP contribution in [0.5, 0.6) is 0 Å². The molecule has 3 atom stereocenters. The summed E-state index contributed by atoms with van der Waals surface area (Å²) in [6.45, 7) is 2.47. The minimum Gasteiger partial charge on any atom is -0.392 e. The molecule has 1 N–H and O–H groups in total. The predicted octanol–water partition coefficient (Wildman–Crippen LogP) is 3.59. The first-order valence-corrected chi connectivity index (χ1v) is 8.14. The van der Waals surface area contributed by atoms with E-state index in [9.17, 15) is 5.11 Å². The van der Waals surface area contributed by atoms with Gasteiger partial charge >= 0.3 is 0 Å². The van der Waals surface area contributed by atoms with Crippen LogP contribution in [0.1, 0.15) is 51.0 Å². The second kappa shape index (κ2) is 4.30. The summed E-state index contributed by atoms with van der Waals surface area (Å²) in [5.41, 5.74) is 1.90. The molecular weight excluding hydrogens is 246 g/mol. The van der Waals surface area contributed by atoms with Crippen molar-refractivity contribution in [2.24, 2.45) is 22.7 Å². The van der Waals surface area contributed by atoms with Gasteiger partial charge in [0, 0.05) is 18.8 Å². The van der Waals surface area contributed by atoms with Gasteiger partial charge in [-0.3, -0.25) is 4.98 Å². The summed E-state index contributed by atoms with van der Waals surface area (Å²) in [7, 11) is 0. The molecule has 2 nitrogen and oxygen atoms in total. The van der Waals surface area contributed by atoms with E-state index in [1.54, 1.807) is 0 Å². The molecule has 0 aliphatic heterocycles. The fourth-order valence-electron chi connectivity index (χ4n) is 6.15. The topological polar surface area (TPSA) is 33.1 Å². The third-order valence-corrected chi connectivity index (χ3v) is 6.26. The van der Waals surface area contributed by atoms with Gasteiger partial charge in [-0.15, -0.1) is 0 Å². The van der Waals surface area contributed by atoms with E-state index in [1.807, 2.05) is 18.5 Å². The highest BCUT2D eigenvalue weighted by atomic mass is 16.3. The summed E-state index contributed by atoms with van der Waals surface area (Å²) in [5.74, 6) is 1.76. The molecule has 0 aromatic carbocycles. The second-order valence-electron chi connectivity index (χ2n) is 8.22. The zero-order valence-electron chi connectivity index (χ0n) is 12.4. The largest absolute Gasteiger partial charge is 0.392 e. The van der Waals surface area contributed by atoms with Crippen molar-refractivity contribution in [3.8, 4) is 0 Å². The van der Waals surface area contributed by atoms with Crippen LogP contribution in [-0.4, -0.2) is 16.2 Å². The van der Waals surface area contributed by atoms with E-state index in [4.69, 9.17) is 0 Å². The number of pyridine rings is 1. The molecule has 0 spiro atoms. The van der Waals surface area contributed by atoms with E-state index < -0.39 is 0 Å². The van der Waals surface area contributed by atoms with Crippen molar-refractivity contribution in [3.05, 3.63) is 30.1 Å². The molecule has 4 bridgehead atoms. The Labute approximate surface area is 121 Å². The maximum atomic E-state index is 11.0. The molecule has 4 saturated carbocycles. The Morgan fingerprint density at radius 2 is 2.05 bits per heavy atom. The van der Waals surface area contributed by atoms with Gasteiger partial charge in [0.25, 0.3) is 0 Å². The zero-order valence-corrected chi connectivity index (χ0v) is 12.4. The molecule has 4 fully saturated rings. The first kappa shape index (κ1) is 12.8. The zero-order chi connectivity index (χ0) is 13.8. The normalized spacial score (nSPS) is 43.7. The lowest BCUT2D eigenvalue weighted by molar-refractivity contribution is -0.152. The smallest absolute Gasteiger partial charge is 0.0637 e. The fraction of sp³-hybridized carbons (Fsp3) is 0.722. The number of aliphatic hydroxyl groups excluding tert-OH is 1. The van der Waals surface area contributed by atoms with Crippen molar-refractivity contribution >= 4 is 0 Å². The molecule has 1 aromatic rings. The van der Waals surface area contributed by atoms with Crippen molar-refractivity contribution in [2.45, 2.75) is 58.0 Å². The first-order chi connectivity index (χ1) is 9.57. The van der Waals surface area contributed by atoms with Crippen LogP contribution in [-0.2, 0) is 6.42 Å². The second-order valence-corrected chi connectivity index (χ2v) is 8.22. The van der Waals surface area contributed by atoms with Gasteiger partial charge in [-0.1, -0.05) is 13.0 Å². The third kappa shape index (κ3) is 2.00. The van der Waals surface area contributed by atoms with Gasteiger partial charge in [-0.2, -0.15) is 0 Å². The van der Waals surface area contributed by atoms with Crippen LogP contribution in [0.25, 0.3) is 0 Å². The molecule has 2 heteroatoms. The average Bonchev–Trinajstić information content (AvgIpc) is 2.37. The molecule has 20 heavy (non-hydrogen) atoms. The maximum Gasteiger partial charge on any atom is 0.0637 e. The number of aromatic nitrogens is 1. The molecule has 4 aliphatic carbocycles. The number of nitrogens with zero attached hydrogens (tertiary/aromatic N) is 1. The van der Waals surface area contributed by atoms with E-state index in [2.05, 4.69) is 18.0 Å². The summed E-state index contributed by atoms with van der Waals surface area (Å²) in [5, 5.41) is 11.0. The monoisotopic (exact) mass is 271 g/mol. The van der Waals surface area contributed by atoms with E-state index >= 15 is 0 Å². The van der Waals surface area contributed by atoms with Crippen molar-refractivity contribution < 1.29 is 5.11 Å². The van der Waals surface area contributed by atoms with Gasteiger partial charge in [-0.05, 0) is 72.8 Å². The lowest BCUT2D eigenvalue weighted by atomic mass is 9.43. The van der Waals surface area contributed by atoms with Crippen LogP contribution in [0.3, 0.4) is 0 Å². The van der Waals surface area contributed by atoms with Crippen LogP contribution in [0, 0.1) is 22.7 Å². The molecule has 108 valence electrons. The van der Waals surface area contributed by atoms with E-state index in [1.165, 1.54) is 44.1 Å². The van der Waals surface area contributed by atoms with E-state index in [0.29, 0.717) is 5.41 Å². The lowest BCUT2D eigenvalue weighted by Gasteiger charge is -2.62. The Balaban J connectivity index is 1.58. The van der Waals surface area contributed by atoms with Gasteiger partial charge in [0.2, 0.25) is 0 Å². The van der Waals surface area contributed by atoms with Crippen LogP contribution in [0.15, 0.2) is 24.5 Å². The Bertz CT molecular complexity index is 483. The van der Waals surface area contributed by atoms with Gasteiger partial charge in [0.15, 0.2) is 0 Å². The molecule has 5 rings (SSSR count). The van der Waals surface area contributed by atoms with Crippen LogP contribution in [0.2, 0.25) is 0 Å². The Morgan fingerprint density at radius 1 is 1.30 bits per heavy atom.